The van der Waals surface area contributed by atoms with Crippen molar-refractivity contribution in [2.45, 2.75) is 56.3 Å². The first-order valence-electron chi connectivity index (χ1n) is 7.41. The van der Waals surface area contributed by atoms with Crippen LogP contribution in [0.25, 0.3) is 0 Å². The number of nitrogens with zero attached hydrogens (tertiary/aromatic N) is 1. The van der Waals surface area contributed by atoms with Crippen LogP contribution in [-0.4, -0.2) is 60.7 Å². The van der Waals surface area contributed by atoms with Crippen molar-refractivity contribution in [3.8, 4) is 0 Å². The van der Waals surface area contributed by atoms with E-state index in [9.17, 15) is 5.11 Å². The molecule has 0 aromatic heterocycles. The van der Waals surface area contributed by atoms with Gasteiger partial charge in [0.1, 0.15) is 0 Å². The second-order valence-corrected chi connectivity index (χ2v) is 6.08. The van der Waals surface area contributed by atoms with Crippen molar-refractivity contribution in [3.05, 3.63) is 0 Å². The topological polar surface area (TPSA) is 41.9 Å². The van der Waals surface area contributed by atoms with Gasteiger partial charge < -0.3 is 14.6 Å². The van der Waals surface area contributed by atoms with Crippen LogP contribution in [0.4, 0.5) is 0 Å². The van der Waals surface area contributed by atoms with Gasteiger partial charge in [-0.05, 0) is 45.1 Å². The lowest BCUT2D eigenvalue weighted by Gasteiger charge is -2.47. The summed E-state index contributed by atoms with van der Waals surface area (Å²) < 4.78 is 11.5. The van der Waals surface area contributed by atoms with Crippen LogP contribution >= 0.6 is 0 Å². The standard InChI is InChI=1S/C14H25NO3/c16-13-2-1-6-15(11-13)12-3-7-18-14(10-12)4-8-17-9-5-14/h12-13,16H,1-11H2/t12?,13-/m0/s1. The van der Waals surface area contributed by atoms with E-state index in [0.29, 0.717) is 6.04 Å². The molecule has 0 bridgehead atoms. The molecule has 3 aliphatic heterocycles. The van der Waals surface area contributed by atoms with E-state index in [1.54, 1.807) is 0 Å². The fourth-order valence-electron chi connectivity index (χ4n) is 3.72. The zero-order valence-corrected chi connectivity index (χ0v) is 11.1. The fourth-order valence-corrected chi connectivity index (χ4v) is 3.72. The van der Waals surface area contributed by atoms with Gasteiger partial charge in [-0.15, -0.1) is 0 Å². The molecule has 1 unspecified atom stereocenters. The molecule has 0 amide bonds. The van der Waals surface area contributed by atoms with E-state index in [1.165, 1.54) is 0 Å². The monoisotopic (exact) mass is 255 g/mol. The Balaban J connectivity index is 1.62. The Morgan fingerprint density at radius 1 is 1.11 bits per heavy atom. The molecule has 0 aromatic rings. The number of ether oxygens (including phenoxy) is 2. The van der Waals surface area contributed by atoms with Crippen molar-refractivity contribution >= 4 is 0 Å². The molecule has 0 aliphatic carbocycles. The molecule has 18 heavy (non-hydrogen) atoms. The molecular formula is C14H25NO3. The summed E-state index contributed by atoms with van der Waals surface area (Å²) in [7, 11) is 0. The van der Waals surface area contributed by atoms with Gasteiger partial charge in [-0.3, -0.25) is 4.90 Å². The van der Waals surface area contributed by atoms with Crippen molar-refractivity contribution in [1.29, 1.82) is 0 Å². The van der Waals surface area contributed by atoms with Gasteiger partial charge in [0.25, 0.3) is 0 Å². The fraction of sp³-hybridized carbons (Fsp3) is 1.00. The Kier molecular flexibility index (Phi) is 3.89. The second-order valence-electron chi connectivity index (χ2n) is 6.08. The van der Waals surface area contributed by atoms with Crippen LogP contribution in [0.5, 0.6) is 0 Å². The Labute approximate surface area is 109 Å². The Hall–Kier alpha value is -0.160. The zero-order valence-electron chi connectivity index (χ0n) is 11.1. The average Bonchev–Trinajstić information content (AvgIpc) is 2.40. The summed E-state index contributed by atoms with van der Waals surface area (Å²) in [5.74, 6) is 0. The minimum Gasteiger partial charge on any atom is -0.392 e. The molecule has 0 radical (unpaired) electrons. The van der Waals surface area contributed by atoms with Gasteiger partial charge in [-0.2, -0.15) is 0 Å². The predicted octanol–water partition coefficient (Wildman–Crippen LogP) is 1.17. The van der Waals surface area contributed by atoms with Crippen LogP contribution in [0.3, 0.4) is 0 Å². The van der Waals surface area contributed by atoms with Gasteiger partial charge in [-0.1, -0.05) is 0 Å². The lowest BCUT2D eigenvalue weighted by atomic mass is 9.83. The van der Waals surface area contributed by atoms with Crippen molar-refractivity contribution in [2.75, 3.05) is 32.9 Å². The maximum atomic E-state index is 9.82. The summed E-state index contributed by atoms with van der Waals surface area (Å²) >= 11 is 0. The molecule has 3 rings (SSSR count). The predicted molar refractivity (Wildman–Crippen MR) is 68.6 cm³/mol. The van der Waals surface area contributed by atoms with Crippen LogP contribution in [0, 0.1) is 0 Å². The van der Waals surface area contributed by atoms with Gasteiger partial charge in [0, 0.05) is 32.4 Å². The summed E-state index contributed by atoms with van der Waals surface area (Å²) in [5.41, 5.74) is 0.0730. The lowest BCUT2D eigenvalue weighted by Crippen LogP contribution is -2.53. The average molecular weight is 255 g/mol. The second kappa shape index (κ2) is 5.45. The first-order chi connectivity index (χ1) is 8.77. The van der Waals surface area contributed by atoms with Crippen LogP contribution in [-0.2, 0) is 9.47 Å². The summed E-state index contributed by atoms with van der Waals surface area (Å²) in [6, 6.07) is 0.604. The molecule has 3 fully saturated rings. The van der Waals surface area contributed by atoms with E-state index in [4.69, 9.17) is 9.47 Å². The number of hydrogen-bond donors (Lipinski definition) is 1. The third-order valence-electron chi connectivity index (χ3n) is 4.82. The lowest BCUT2D eigenvalue weighted by molar-refractivity contribution is -0.154. The van der Waals surface area contributed by atoms with E-state index < -0.39 is 0 Å². The minimum atomic E-state index is -0.118. The summed E-state index contributed by atoms with van der Waals surface area (Å²) in [4.78, 5) is 2.49. The number of β-amino-alcohol motifs (C(OH)–C–C–N with tert-alkyl or cyclic N) is 1. The third kappa shape index (κ3) is 2.72. The van der Waals surface area contributed by atoms with E-state index in [1.807, 2.05) is 0 Å². The number of aliphatic hydroxyl groups excluding tert-OH is 1. The quantitative estimate of drug-likeness (QED) is 0.764. The maximum Gasteiger partial charge on any atom is 0.0741 e. The number of piperidine rings is 1. The SMILES string of the molecule is O[C@H]1CCCN(C2CCOC3(CCOCC3)C2)C1. The Morgan fingerprint density at radius 2 is 1.94 bits per heavy atom. The van der Waals surface area contributed by atoms with E-state index in [0.717, 1.165) is 71.4 Å². The minimum absolute atomic E-state index is 0.0730. The van der Waals surface area contributed by atoms with E-state index >= 15 is 0 Å². The van der Waals surface area contributed by atoms with Crippen LogP contribution in [0.2, 0.25) is 0 Å². The van der Waals surface area contributed by atoms with Crippen molar-refractivity contribution in [3.63, 3.8) is 0 Å². The molecule has 3 heterocycles. The highest BCUT2D eigenvalue weighted by Gasteiger charge is 2.41. The summed E-state index contributed by atoms with van der Waals surface area (Å²) in [6.45, 7) is 4.56. The van der Waals surface area contributed by atoms with Gasteiger partial charge in [0.2, 0.25) is 0 Å². The normalized spacial score (nSPS) is 37.8. The highest BCUT2D eigenvalue weighted by atomic mass is 16.5. The van der Waals surface area contributed by atoms with Crippen molar-refractivity contribution in [2.24, 2.45) is 0 Å². The van der Waals surface area contributed by atoms with E-state index in [-0.39, 0.29) is 11.7 Å². The smallest absolute Gasteiger partial charge is 0.0741 e. The highest BCUT2D eigenvalue weighted by Crippen LogP contribution is 2.36. The first-order valence-corrected chi connectivity index (χ1v) is 7.41. The first kappa shape index (κ1) is 12.9. The summed E-state index contributed by atoms with van der Waals surface area (Å²) in [5, 5.41) is 9.82. The van der Waals surface area contributed by atoms with Gasteiger partial charge >= 0.3 is 0 Å². The molecule has 0 saturated carbocycles. The third-order valence-corrected chi connectivity index (χ3v) is 4.82. The molecule has 1 N–H and O–H groups in total. The maximum absolute atomic E-state index is 9.82. The molecule has 4 heteroatoms. The number of aliphatic hydroxyl groups is 1. The van der Waals surface area contributed by atoms with Gasteiger partial charge in [-0.25, -0.2) is 0 Å². The zero-order chi connectivity index (χ0) is 12.4. The molecule has 3 saturated heterocycles. The number of likely N-dealkylation sites (tertiary alicyclic amines) is 1. The molecule has 0 aromatic carbocycles. The number of rotatable bonds is 1. The van der Waals surface area contributed by atoms with Crippen molar-refractivity contribution < 1.29 is 14.6 Å². The van der Waals surface area contributed by atoms with Gasteiger partial charge in [0.15, 0.2) is 0 Å². The van der Waals surface area contributed by atoms with Crippen LogP contribution in [0.1, 0.15) is 38.5 Å². The molecular weight excluding hydrogens is 230 g/mol. The molecule has 3 aliphatic rings. The molecule has 104 valence electrons. The molecule has 2 atom stereocenters. The van der Waals surface area contributed by atoms with Crippen LogP contribution < -0.4 is 0 Å². The largest absolute Gasteiger partial charge is 0.392 e. The van der Waals surface area contributed by atoms with E-state index in [2.05, 4.69) is 4.90 Å². The molecule has 1 spiro atoms. The summed E-state index contributed by atoms with van der Waals surface area (Å²) in [6.07, 6.45) is 6.32. The van der Waals surface area contributed by atoms with Gasteiger partial charge in [0.05, 0.1) is 11.7 Å². The van der Waals surface area contributed by atoms with Crippen molar-refractivity contribution in [1.82, 2.24) is 4.90 Å². The number of hydrogen-bond acceptors (Lipinski definition) is 4. The Bertz CT molecular complexity index is 273. The Morgan fingerprint density at radius 3 is 2.72 bits per heavy atom. The van der Waals surface area contributed by atoms with Crippen LogP contribution in [0.15, 0.2) is 0 Å². The molecule has 4 nitrogen and oxygen atoms in total. The highest BCUT2D eigenvalue weighted by molar-refractivity contribution is 4.93.